The summed E-state index contributed by atoms with van der Waals surface area (Å²) in [6.45, 7) is 5.93. The molecule has 0 spiro atoms. The predicted molar refractivity (Wildman–Crippen MR) is 88.6 cm³/mol. The first kappa shape index (κ1) is 16.5. The first-order chi connectivity index (χ1) is 11.2. The minimum Gasteiger partial charge on any atom is -0.491 e. The highest BCUT2D eigenvalue weighted by Crippen LogP contribution is 2.56. The van der Waals surface area contributed by atoms with Crippen LogP contribution in [-0.4, -0.2) is 6.61 Å². The van der Waals surface area contributed by atoms with Crippen molar-refractivity contribution >= 4 is 0 Å². The van der Waals surface area contributed by atoms with Crippen LogP contribution in [0.1, 0.15) is 56.9 Å². The Bertz CT molecular complexity index is 569. The van der Waals surface area contributed by atoms with E-state index in [1.807, 2.05) is 6.08 Å². The van der Waals surface area contributed by atoms with Crippen LogP contribution in [0.15, 0.2) is 24.8 Å². The minimum absolute atomic E-state index is 0.0265. The van der Waals surface area contributed by atoms with Crippen LogP contribution in [0.5, 0.6) is 5.75 Å². The van der Waals surface area contributed by atoms with Gasteiger partial charge in [0.05, 0.1) is 6.61 Å². The summed E-state index contributed by atoms with van der Waals surface area (Å²) in [6.07, 6.45) is 8.73. The van der Waals surface area contributed by atoms with Crippen LogP contribution in [0.25, 0.3) is 0 Å². The number of rotatable bonds is 6. The van der Waals surface area contributed by atoms with E-state index < -0.39 is 11.6 Å². The van der Waals surface area contributed by atoms with Crippen LogP contribution in [0.2, 0.25) is 0 Å². The summed E-state index contributed by atoms with van der Waals surface area (Å²) < 4.78 is 33.9. The highest BCUT2D eigenvalue weighted by molar-refractivity contribution is 5.34. The molecule has 0 saturated heterocycles. The van der Waals surface area contributed by atoms with Crippen LogP contribution in [0.4, 0.5) is 8.78 Å². The van der Waals surface area contributed by atoms with Crippen LogP contribution >= 0.6 is 0 Å². The molecular weight excluding hydrogens is 294 g/mol. The second kappa shape index (κ2) is 7.02. The van der Waals surface area contributed by atoms with Gasteiger partial charge >= 0.3 is 0 Å². The maximum absolute atomic E-state index is 14.5. The fraction of sp³-hybridized carbons (Fsp3) is 0.600. The summed E-state index contributed by atoms with van der Waals surface area (Å²) in [7, 11) is 0. The lowest BCUT2D eigenvalue weighted by Crippen LogP contribution is -2.13. The summed E-state index contributed by atoms with van der Waals surface area (Å²) >= 11 is 0. The summed E-state index contributed by atoms with van der Waals surface area (Å²) in [6, 6.07) is 3.34. The lowest BCUT2D eigenvalue weighted by Gasteiger charge is -2.22. The molecule has 0 aromatic heterocycles. The maximum atomic E-state index is 14.5. The van der Waals surface area contributed by atoms with Gasteiger partial charge in [-0.05, 0) is 80.8 Å². The summed E-state index contributed by atoms with van der Waals surface area (Å²) in [5.41, 5.74) is 0.558. The molecule has 2 fully saturated rings. The smallest absolute Gasteiger partial charge is 0.200 e. The summed E-state index contributed by atoms with van der Waals surface area (Å²) in [5.74, 6) is 0.590. The number of hydrogen-bond acceptors (Lipinski definition) is 1. The van der Waals surface area contributed by atoms with Crippen molar-refractivity contribution in [2.45, 2.75) is 51.4 Å². The number of ether oxygens (including phenoxy) is 1. The number of hydrogen-bond donors (Lipinski definition) is 0. The monoisotopic (exact) mass is 320 g/mol. The van der Waals surface area contributed by atoms with E-state index in [9.17, 15) is 8.78 Å². The molecule has 1 aromatic rings. The molecule has 0 radical (unpaired) electrons. The molecule has 0 N–H and O–H groups in total. The van der Waals surface area contributed by atoms with Crippen molar-refractivity contribution in [3.8, 4) is 5.75 Å². The third-order valence-corrected chi connectivity index (χ3v) is 5.87. The van der Waals surface area contributed by atoms with E-state index in [4.69, 9.17) is 4.74 Å². The van der Waals surface area contributed by atoms with E-state index in [0.29, 0.717) is 24.0 Å². The molecule has 2 saturated carbocycles. The SMILES string of the molecule is C=CCCC1CCC2C(c3ccc(OCC)c(F)c3F)CCC12. The third-order valence-electron chi connectivity index (χ3n) is 5.87. The molecule has 3 rings (SSSR count). The van der Waals surface area contributed by atoms with Gasteiger partial charge in [0, 0.05) is 0 Å². The number of halogens is 2. The largest absolute Gasteiger partial charge is 0.491 e. The maximum Gasteiger partial charge on any atom is 0.200 e. The van der Waals surface area contributed by atoms with E-state index in [2.05, 4.69) is 6.58 Å². The van der Waals surface area contributed by atoms with E-state index in [1.54, 1.807) is 19.1 Å². The molecule has 4 unspecified atom stereocenters. The zero-order valence-electron chi connectivity index (χ0n) is 13.9. The fourth-order valence-electron chi connectivity index (χ4n) is 4.90. The Morgan fingerprint density at radius 2 is 1.91 bits per heavy atom. The molecule has 1 nitrogen and oxygen atoms in total. The quantitative estimate of drug-likeness (QED) is 0.597. The Labute approximate surface area is 137 Å². The Kier molecular flexibility index (Phi) is 5.03. The summed E-state index contributed by atoms with van der Waals surface area (Å²) in [5, 5.41) is 0. The zero-order chi connectivity index (χ0) is 16.4. The van der Waals surface area contributed by atoms with Gasteiger partial charge in [-0.1, -0.05) is 12.1 Å². The molecule has 3 heteroatoms. The standard InChI is InChI=1S/C20H26F2O/c1-3-5-6-13-7-8-15-14(13)9-10-16(15)17-11-12-18(23-4-2)20(22)19(17)21/h3,11-16H,1,4-10H2,2H3. The van der Waals surface area contributed by atoms with Crippen molar-refractivity contribution in [3.63, 3.8) is 0 Å². The molecule has 2 aliphatic carbocycles. The van der Waals surface area contributed by atoms with Gasteiger partial charge in [-0.3, -0.25) is 0 Å². The number of allylic oxidation sites excluding steroid dienone is 1. The molecule has 0 amide bonds. The fourth-order valence-corrected chi connectivity index (χ4v) is 4.90. The molecule has 2 aliphatic rings. The van der Waals surface area contributed by atoms with Crippen molar-refractivity contribution in [1.82, 2.24) is 0 Å². The normalized spacial score (nSPS) is 29.5. The average molecular weight is 320 g/mol. The van der Waals surface area contributed by atoms with Crippen molar-refractivity contribution in [2.24, 2.45) is 17.8 Å². The molecule has 23 heavy (non-hydrogen) atoms. The first-order valence-corrected chi connectivity index (χ1v) is 8.88. The molecule has 0 bridgehead atoms. The lowest BCUT2D eigenvalue weighted by atomic mass is 9.84. The second-order valence-corrected chi connectivity index (χ2v) is 6.93. The predicted octanol–water partition coefficient (Wildman–Crippen LogP) is 5.85. The molecule has 4 atom stereocenters. The number of fused-ring (bicyclic) bond motifs is 1. The van der Waals surface area contributed by atoms with Crippen molar-refractivity contribution in [3.05, 3.63) is 42.0 Å². The van der Waals surface area contributed by atoms with Crippen molar-refractivity contribution in [2.75, 3.05) is 6.61 Å². The van der Waals surface area contributed by atoms with E-state index in [0.717, 1.165) is 31.6 Å². The average Bonchev–Trinajstić information content (AvgIpc) is 3.13. The summed E-state index contributed by atoms with van der Waals surface area (Å²) in [4.78, 5) is 0. The van der Waals surface area contributed by atoms with Gasteiger partial charge in [0.15, 0.2) is 11.6 Å². The van der Waals surface area contributed by atoms with E-state index >= 15 is 0 Å². The highest BCUT2D eigenvalue weighted by Gasteiger charge is 2.45. The topological polar surface area (TPSA) is 9.23 Å². The molecule has 0 heterocycles. The first-order valence-electron chi connectivity index (χ1n) is 8.88. The van der Waals surface area contributed by atoms with Crippen LogP contribution in [-0.2, 0) is 0 Å². The molecule has 1 aromatic carbocycles. The van der Waals surface area contributed by atoms with Gasteiger partial charge in [-0.15, -0.1) is 6.58 Å². The number of benzene rings is 1. The van der Waals surface area contributed by atoms with Crippen molar-refractivity contribution in [1.29, 1.82) is 0 Å². The minimum atomic E-state index is -0.825. The van der Waals surface area contributed by atoms with E-state index in [1.165, 1.54) is 12.8 Å². The van der Waals surface area contributed by atoms with Gasteiger partial charge in [-0.2, -0.15) is 4.39 Å². The Hall–Kier alpha value is -1.38. The molecule has 126 valence electrons. The highest BCUT2D eigenvalue weighted by atomic mass is 19.2. The Balaban J connectivity index is 1.79. The second-order valence-electron chi connectivity index (χ2n) is 6.93. The Morgan fingerprint density at radius 3 is 2.65 bits per heavy atom. The van der Waals surface area contributed by atoms with Crippen molar-refractivity contribution < 1.29 is 13.5 Å². The van der Waals surface area contributed by atoms with Gasteiger partial charge in [0.25, 0.3) is 0 Å². The zero-order valence-corrected chi connectivity index (χ0v) is 13.9. The molecule has 0 aliphatic heterocycles. The van der Waals surface area contributed by atoms with Crippen LogP contribution in [0.3, 0.4) is 0 Å². The van der Waals surface area contributed by atoms with Crippen LogP contribution < -0.4 is 4.74 Å². The van der Waals surface area contributed by atoms with Gasteiger partial charge in [-0.25, -0.2) is 4.39 Å². The molecular formula is C20H26F2O. The van der Waals surface area contributed by atoms with Gasteiger partial charge < -0.3 is 4.74 Å². The van der Waals surface area contributed by atoms with Gasteiger partial charge in [0.1, 0.15) is 0 Å². The lowest BCUT2D eigenvalue weighted by molar-refractivity contribution is 0.309. The van der Waals surface area contributed by atoms with Crippen LogP contribution in [0, 0.1) is 29.4 Å². The third kappa shape index (κ3) is 3.02. The van der Waals surface area contributed by atoms with Gasteiger partial charge in [0.2, 0.25) is 5.82 Å². The Morgan fingerprint density at radius 1 is 1.13 bits per heavy atom. The van der Waals surface area contributed by atoms with E-state index in [-0.39, 0.29) is 11.7 Å².